The summed E-state index contributed by atoms with van der Waals surface area (Å²) >= 11 is 0. The number of aromatic amines is 1. The number of nitro groups is 1. The lowest BCUT2D eigenvalue weighted by Crippen LogP contribution is -2.35. The Hall–Kier alpha value is -2.70. The molecule has 2 aromatic rings. The van der Waals surface area contributed by atoms with Gasteiger partial charge in [-0.15, -0.1) is 0 Å². The summed E-state index contributed by atoms with van der Waals surface area (Å²) in [7, 11) is 0. The highest BCUT2D eigenvalue weighted by Crippen LogP contribution is 2.26. The molecule has 7 nitrogen and oxygen atoms in total. The molecule has 0 saturated carbocycles. The van der Waals surface area contributed by atoms with Crippen molar-refractivity contribution < 1.29 is 9.72 Å². The molecule has 1 aromatic heterocycles. The van der Waals surface area contributed by atoms with Gasteiger partial charge in [0.15, 0.2) is 0 Å². The van der Waals surface area contributed by atoms with Crippen molar-refractivity contribution in [2.45, 2.75) is 26.3 Å². The van der Waals surface area contributed by atoms with Gasteiger partial charge >= 0.3 is 0 Å². The number of nitrogens with zero attached hydrogens (tertiary/aromatic N) is 3. The van der Waals surface area contributed by atoms with E-state index >= 15 is 0 Å². The van der Waals surface area contributed by atoms with E-state index in [0.29, 0.717) is 23.0 Å². The van der Waals surface area contributed by atoms with Crippen LogP contribution in [-0.2, 0) is 0 Å². The van der Waals surface area contributed by atoms with E-state index in [1.165, 1.54) is 18.3 Å². The van der Waals surface area contributed by atoms with E-state index in [2.05, 4.69) is 16.9 Å². The van der Waals surface area contributed by atoms with Gasteiger partial charge in [-0.05, 0) is 19.3 Å². The Morgan fingerprint density at radius 2 is 2.22 bits per heavy atom. The molecular formula is C16H18N4O3. The van der Waals surface area contributed by atoms with Gasteiger partial charge in [0.05, 0.1) is 11.1 Å². The molecule has 0 unspecified atom stereocenters. The molecular weight excluding hydrogens is 296 g/mol. The molecule has 1 aliphatic heterocycles. The standard InChI is InChI=1S/C16H18N4O3/c1-10-6-7-19(11(10)2)16(21)14-9-17-15(18-14)12-4-3-5-13(8-12)20(22)23/h3-5,8-11H,6-7H2,1-2H3,(H,17,18)/t10-,11-/m0/s1. The number of carbonyl (C=O) groups is 1. The van der Waals surface area contributed by atoms with Gasteiger partial charge in [0, 0.05) is 30.3 Å². The number of hydrogen-bond acceptors (Lipinski definition) is 4. The predicted molar refractivity (Wildman–Crippen MR) is 85.0 cm³/mol. The fraction of sp³-hybridized carbons (Fsp3) is 0.375. The zero-order valence-corrected chi connectivity index (χ0v) is 13.0. The Morgan fingerprint density at radius 3 is 2.87 bits per heavy atom. The summed E-state index contributed by atoms with van der Waals surface area (Å²) in [6, 6.07) is 6.38. The van der Waals surface area contributed by atoms with E-state index in [-0.39, 0.29) is 17.6 Å². The van der Waals surface area contributed by atoms with Crippen LogP contribution in [0, 0.1) is 16.0 Å². The minimum atomic E-state index is -0.453. The van der Waals surface area contributed by atoms with Gasteiger partial charge in [0.1, 0.15) is 11.5 Å². The normalized spacial score (nSPS) is 20.7. The first-order valence-electron chi connectivity index (χ1n) is 7.58. The summed E-state index contributed by atoms with van der Waals surface area (Å²) in [5, 5.41) is 10.9. The first-order chi connectivity index (χ1) is 11.0. The highest BCUT2D eigenvalue weighted by Gasteiger charge is 2.32. The number of H-pyrrole nitrogens is 1. The molecule has 1 aliphatic rings. The third-order valence-corrected chi connectivity index (χ3v) is 4.54. The molecule has 0 aliphatic carbocycles. The van der Waals surface area contributed by atoms with E-state index in [0.717, 1.165) is 13.0 Å². The van der Waals surface area contributed by atoms with Crippen LogP contribution in [0.25, 0.3) is 11.4 Å². The summed E-state index contributed by atoms with van der Waals surface area (Å²) in [5.41, 5.74) is 0.988. The van der Waals surface area contributed by atoms with Gasteiger partial charge in [-0.2, -0.15) is 0 Å². The largest absolute Gasteiger partial charge is 0.334 e. The molecule has 1 amide bonds. The maximum atomic E-state index is 12.6. The number of amides is 1. The number of rotatable bonds is 3. The van der Waals surface area contributed by atoms with E-state index in [9.17, 15) is 14.9 Å². The second-order valence-electron chi connectivity index (χ2n) is 5.96. The maximum absolute atomic E-state index is 12.6. The molecule has 23 heavy (non-hydrogen) atoms. The summed E-state index contributed by atoms with van der Waals surface area (Å²) in [5.74, 6) is 0.862. The zero-order valence-electron chi connectivity index (χ0n) is 13.0. The van der Waals surface area contributed by atoms with Gasteiger partial charge in [-0.25, -0.2) is 4.98 Å². The average molecular weight is 314 g/mol. The number of nitrogens with one attached hydrogen (secondary N) is 1. The Labute approximate surface area is 133 Å². The lowest BCUT2D eigenvalue weighted by Gasteiger charge is -2.22. The van der Waals surface area contributed by atoms with Crippen LogP contribution in [0.1, 0.15) is 30.8 Å². The van der Waals surface area contributed by atoms with Gasteiger partial charge in [-0.3, -0.25) is 14.9 Å². The van der Waals surface area contributed by atoms with Crippen LogP contribution in [0.4, 0.5) is 5.69 Å². The van der Waals surface area contributed by atoms with E-state index in [4.69, 9.17) is 0 Å². The monoisotopic (exact) mass is 314 g/mol. The smallest absolute Gasteiger partial charge is 0.272 e. The van der Waals surface area contributed by atoms with Crippen molar-refractivity contribution in [1.29, 1.82) is 0 Å². The van der Waals surface area contributed by atoms with Gasteiger partial charge in [0.25, 0.3) is 11.6 Å². The number of non-ortho nitro benzene ring substituents is 1. The topological polar surface area (TPSA) is 92.1 Å². The molecule has 120 valence electrons. The Morgan fingerprint density at radius 1 is 1.43 bits per heavy atom. The molecule has 0 bridgehead atoms. The maximum Gasteiger partial charge on any atom is 0.272 e. The number of likely N-dealkylation sites (tertiary alicyclic amines) is 1. The highest BCUT2D eigenvalue weighted by atomic mass is 16.6. The van der Waals surface area contributed by atoms with Crippen LogP contribution in [0.15, 0.2) is 30.5 Å². The first kappa shape index (κ1) is 15.2. The summed E-state index contributed by atoms with van der Waals surface area (Å²) in [6.45, 7) is 4.93. The van der Waals surface area contributed by atoms with Gasteiger partial charge in [-0.1, -0.05) is 19.1 Å². The van der Waals surface area contributed by atoms with E-state index < -0.39 is 4.92 Å². The molecule has 1 N–H and O–H groups in total. The summed E-state index contributed by atoms with van der Waals surface area (Å²) in [6.07, 6.45) is 2.49. The summed E-state index contributed by atoms with van der Waals surface area (Å²) < 4.78 is 0. The number of hydrogen-bond donors (Lipinski definition) is 1. The van der Waals surface area contributed by atoms with Crippen molar-refractivity contribution in [3.8, 4) is 11.4 Å². The second kappa shape index (κ2) is 5.83. The van der Waals surface area contributed by atoms with Crippen molar-refractivity contribution in [3.63, 3.8) is 0 Å². The number of nitro benzene ring substituents is 1. The van der Waals surface area contributed by atoms with Crippen LogP contribution in [0.5, 0.6) is 0 Å². The van der Waals surface area contributed by atoms with E-state index in [1.807, 2.05) is 11.8 Å². The SMILES string of the molecule is C[C@H]1CCN(C(=O)c2cnc(-c3cccc([N+](=O)[O-])c3)[nH]2)[C@H]1C. The molecule has 2 heterocycles. The number of carbonyl (C=O) groups excluding carboxylic acids is 1. The third-order valence-electron chi connectivity index (χ3n) is 4.54. The molecule has 0 spiro atoms. The quantitative estimate of drug-likeness (QED) is 0.696. The fourth-order valence-electron chi connectivity index (χ4n) is 2.88. The van der Waals surface area contributed by atoms with Crippen molar-refractivity contribution in [2.24, 2.45) is 5.92 Å². The summed E-state index contributed by atoms with van der Waals surface area (Å²) in [4.78, 5) is 32.0. The number of aromatic nitrogens is 2. The predicted octanol–water partition coefficient (Wildman–Crippen LogP) is 2.86. The molecule has 2 atom stereocenters. The van der Waals surface area contributed by atoms with Crippen molar-refractivity contribution in [2.75, 3.05) is 6.54 Å². The molecule has 1 aromatic carbocycles. The Balaban J connectivity index is 1.85. The van der Waals surface area contributed by atoms with E-state index in [1.54, 1.807) is 12.1 Å². The number of benzene rings is 1. The fourth-order valence-corrected chi connectivity index (χ4v) is 2.88. The van der Waals surface area contributed by atoms with Crippen LogP contribution < -0.4 is 0 Å². The molecule has 1 saturated heterocycles. The highest BCUT2D eigenvalue weighted by molar-refractivity contribution is 5.93. The first-order valence-corrected chi connectivity index (χ1v) is 7.58. The van der Waals surface area contributed by atoms with Crippen molar-refractivity contribution >= 4 is 11.6 Å². The van der Waals surface area contributed by atoms with Crippen LogP contribution in [0.3, 0.4) is 0 Å². The lowest BCUT2D eigenvalue weighted by molar-refractivity contribution is -0.384. The molecule has 1 fully saturated rings. The average Bonchev–Trinajstić information content (AvgIpc) is 3.15. The minimum absolute atomic E-state index is 0.00577. The second-order valence-corrected chi connectivity index (χ2v) is 5.96. The molecule has 3 rings (SSSR count). The van der Waals surface area contributed by atoms with Crippen molar-refractivity contribution in [1.82, 2.24) is 14.9 Å². The van der Waals surface area contributed by atoms with Crippen molar-refractivity contribution in [3.05, 3.63) is 46.3 Å². The third kappa shape index (κ3) is 2.81. The minimum Gasteiger partial charge on any atom is -0.334 e. The molecule has 0 radical (unpaired) electrons. The van der Waals surface area contributed by atoms with Gasteiger partial charge in [0.2, 0.25) is 0 Å². The zero-order chi connectivity index (χ0) is 16.6. The van der Waals surface area contributed by atoms with Crippen LogP contribution in [-0.4, -0.2) is 38.3 Å². The van der Waals surface area contributed by atoms with Crippen LogP contribution in [0.2, 0.25) is 0 Å². The Kier molecular flexibility index (Phi) is 3.85. The molecule has 7 heteroatoms. The van der Waals surface area contributed by atoms with Crippen LogP contribution >= 0.6 is 0 Å². The Bertz CT molecular complexity index is 755. The van der Waals surface area contributed by atoms with Gasteiger partial charge < -0.3 is 9.88 Å². The number of imidazole rings is 1. The lowest BCUT2D eigenvalue weighted by atomic mass is 10.1.